The van der Waals surface area contributed by atoms with Crippen LogP contribution in [-0.4, -0.2) is 22.2 Å². The summed E-state index contributed by atoms with van der Waals surface area (Å²) in [7, 11) is 0. The van der Waals surface area contributed by atoms with Gasteiger partial charge in [0, 0.05) is 6.04 Å². The second kappa shape index (κ2) is 4.00. The highest BCUT2D eigenvalue weighted by molar-refractivity contribution is 5.93. The number of carboxylic acid groups (broad SMARTS) is 1. The van der Waals surface area contributed by atoms with E-state index in [1.807, 2.05) is 13.8 Å². The molecule has 0 saturated carbocycles. The highest BCUT2D eigenvalue weighted by atomic mass is 16.4. The first-order valence-electron chi connectivity index (χ1n) is 4.34. The lowest BCUT2D eigenvalue weighted by atomic mass is 10.1. The molecule has 0 spiro atoms. The summed E-state index contributed by atoms with van der Waals surface area (Å²) in [5.41, 5.74) is 0.357. The molecule has 14 heavy (non-hydrogen) atoms. The van der Waals surface area contributed by atoms with Gasteiger partial charge in [0.15, 0.2) is 5.75 Å². The second-order valence-corrected chi connectivity index (χ2v) is 3.31. The zero-order valence-electron chi connectivity index (χ0n) is 8.11. The molecule has 0 saturated heterocycles. The Hall–Kier alpha value is -1.71. The summed E-state index contributed by atoms with van der Waals surface area (Å²) in [5.74, 6) is -1.34. The van der Waals surface area contributed by atoms with Crippen LogP contribution in [0.1, 0.15) is 24.2 Å². The molecule has 0 radical (unpaired) electrons. The van der Waals surface area contributed by atoms with E-state index >= 15 is 0 Å². The van der Waals surface area contributed by atoms with Crippen LogP contribution in [0.25, 0.3) is 0 Å². The summed E-state index contributed by atoms with van der Waals surface area (Å²) in [4.78, 5) is 10.7. The van der Waals surface area contributed by atoms with Crippen LogP contribution >= 0.6 is 0 Å². The van der Waals surface area contributed by atoms with Gasteiger partial charge in [0.2, 0.25) is 0 Å². The van der Waals surface area contributed by atoms with Crippen LogP contribution in [0.4, 0.5) is 5.69 Å². The fourth-order valence-corrected chi connectivity index (χ4v) is 1.14. The quantitative estimate of drug-likeness (QED) is 0.644. The molecule has 0 heterocycles. The van der Waals surface area contributed by atoms with E-state index in [9.17, 15) is 9.90 Å². The van der Waals surface area contributed by atoms with Gasteiger partial charge in [-0.05, 0) is 26.0 Å². The number of nitrogens with one attached hydrogen (secondary N) is 1. The number of carbonyl (C=O) groups is 1. The minimum absolute atomic E-state index is 0.0874. The maximum Gasteiger partial charge on any atom is 0.339 e. The smallest absolute Gasteiger partial charge is 0.339 e. The number of phenols is 1. The van der Waals surface area contributed by atoms with Crippen molar-refractivity contribution >= 4 is 11.7 Å². The number of hydrogen-bond acceptors (Lipinski definition) is 3. The van der Waals surface area contributed by atoms with Gasteiger partial charge in [-0.2, -0.15) is 0 Å². The second-order valence-electron chi connectivity index (χ2n) is 3.31. The molecule has 0 bridgehead atoms. The van der Waals surface area contributed by atoms with E-state index in [1.165, 1.54) is 6.07 Å². The number of aromatic carboxylic acids is 1. The summed E-state index contributed by atoms with van der Waals surface area (Å²) in [5, 5.41) is 21.3. The monoisotopic (exact) mass is 195 g/mol. The Kier molecular flexibility index (Phi) is 2.96. The van der Waals surface area contributed by atoms with Crippen molar-refractivity contribution in [3.63, 3.8) is 0 Å². The molecule has 0 aliphatic carbocycles. The zero-order chi connectivity index (χ0) is 10.7. The molecular formula is C10H13NO3. The van der Waals surface area contributed by atoms with Gasteiger partial charge < -0.3 is 15.5 Å². The summed E-state index contributed by atoms with van der Waals surface area (Å²) in [6.07, 6.45) is 0. The first-order chi connectivity index (χ1) is 6.52. The van der Waals surface area contributed by atoms with Crippen molar-refractivity contribution in [3.8, 4) is 5.75 Å². The van der Waals surface area contributed by atoms with E-state index < -0.39 is 5.97 Å². The van der Waals surface area contributed by atoms with Gasteiger partial charge in [0.1, 0.15) is 5.56 Å². The number of carboxylic acids is 1. The molecule has 4 heteroatoms. The normalized spacial score (nSPS) is 10.2. The van der Waals surface area contributed by atoms with Gasteiger partial charge in [-0.15, -0.1) is 0 Å². The van der Waals surface area contributed by atoms with Gasteiger partial charge in [-0.1, -0.05) is 6.07 Å². The predicted molar refractivity (Wildman–Crippen MR) is 53.8 cm³/mol. The molecule has 1 rings (SSSR count). The highest BCUT2D eigenvalue weighted by Crippen LogP contribution is 2.27. The molecule has 0 unspecified atom stereocenters. The molecule has 0 aromatic heterocycles. The van der Waals surface area contributed by atoms with Crippen LogP contribution in [0.5, 0.6) is 5.75 Å². The molecule has 0 aliphatic rings. The maximum atomic E-state index is 10.7. The molecule has 0 atom stereocenters. The molecular weight excluding hydrogens is 182 g/mol. The van der Waals surface area contributed by atoms with Crippen molar-refractivity contribution < 1.29 is 15.0 Å². The van der Waals surface area contributed by atoms with Crippen molar-refractivity contribution in [3.05, 3.63) is 23.8 Å². The van der Waals surface area contributed by atoms with Crippen molar-refractivity contribution in [2.24, 2.45) is 0 Å². The van der Waals surface area contributed by atoms with Crippen molar-refractivity contribution in [1.29, 1.82) is 0 Å². The number of hydrogen-bond donors (Lipinski definition) is 3. The van der Waals surface area contributed by atoms with E-state index in [4.69, 9.17) is 5.11 Å². The minimum atomic E-state index is -1.13. The van der Waals surface area contributed by atoms with Crippen LogP contribution in [0, 0.1) is 0 Å². The van der Waals surface area contributed by atoms with E-state index in [0.29, 0.717) is 5.69 Å². The van der Waals surface area contributed by atoms with Gasteiger partial charge in [-0.3, -0.25) is 0 Å². The molecule has 3 N–H and O–H groups in total. The Balaban J connectivity index is 3.07. The van der Waals surface area contributed by atoms with Crippen LogP contribution in [0.2, 0.25) is 0 Å². The molecule has 4 nitrogen and oxygen atoms in total. The summed E-state index contributed by atoms with van der Waals surface area (Å²) in [6, 6.07) is 4.74. The SMILES string of the molecule is CC(C)Nc1cccc(C(=O)O)c1O. The van der Waals surface area contributed by atoms with Gasteiger partial charge in [0.25, 0.3) is 0 Å². The Labute approximate surface area is 82.2 Å². The summed E-state index contributed by atoms with van der Waals surface area (Å²) < 4.78 is 0. The van der Waals surface area contributed by atoms with Crippen LogP contribution in [0.3, 0.4) is 0 Å². The van der Waals surface area contributed by atoms with E-state index in [0.717, 1.165) is 0 Å². The molecule has 0 fully saturated rings. The Morgan fingerprint density at radius 3 is 2.57 bits per heavy atom. The molecule has 0 amide bonds. The first-order valence-corrected chi connectivity index (χ1v) is 4.34. The Morgan fingerprint density at radius 1 is 1.43 bits per heavy atom. The third kappa shape index (κ3) is 2.16. The maximum absolute atomic E-state index is 10.7. The lowest BCUT2D eigenvalue weighted by Gasteiger charge is -2.12. The molecule has 76 valence electrons. The van der Waals surface area contributed by atoms with Crippen molar-refractivity contribution in [2.75, 3.05) is 5.32 Å². The standard InChI is InChI=1S/C10H13NO3/c1-6(2)11-8-5-3-4-7(9(8)12)10(13)14/h3-6,11-12H,1-2H3,(H,13,14). The third-order valence-corrected chi connectivity index (χ3v) is 1.71. The van der Waals surface area contributed by atoms with Gasteiger partial charge in [0.05, 0.1) is 5.69 Å². The number of para-hydroxylation sites is 1. The number of benzene rings is 1. The van der Waals surface area contributed by atoms with Crippen molar-refractivity contribution in [1.82, 2.24) is 0 Å². The lowest BCUT2D eigenvalue weighted by molar-refractivity contribution is 0.0694. The fraction of sp³-hybridized carbons (Fsp3) is 0.300. The molecule has 1 aromatic carbocycles. The Bertz CT molecular complexity index is 347. The largest absolute Gasteiger partial charge is 0.505 e. The van der Waals surface area contributed by atoms with Gasteiger partial charge in [-0.25, -0.2) is 4.79 Å². The van der Waals surface area contributed by atoms with E-state index in [1.54, 1.807) is 12.1 Å². The number of rotatable bonds is 3. The van der Waals surface area contributed by atoms with Gasteiger partial charge >= 0.3 is 5.97 Å². The average molecular weight is 195 g/mol. The van der Waals surface area contributed by atoms with Crippen LogP contribution in [-0.2, 0) is 0 Å². The van der Waals surface area contributed by atoms with E-state index in [-0.39, 0.29) is 17.4 Å². The van der Waals surface area contributed by atoms with Crippen LogP contribution in [0.15, 0.2) is 18.2 Å². The minimum Gasteiger partial charge on any atom is -0.505 e. The van der Waals surface area contributed by atoms with E-state index in [2.05, 4.69) is 5.32 Å². The average Bonchev–Trinajstić information content (AvgIpc) is 2.07. The predicted octanol–water partition coefficient (Wildman–Crippen LogP) is 1.91. The highest BCUT2D eigenvalue weighted by Gasteiger charge is 2.12. The fourth-order valence-electron chi connectivity index (χ4n) is 1.14. The molecule has 1 aromatic rings. The summed E-state index contributed by atoms with van der Waals surface area (Å²) in [6.45, 7) is 3.82. The number of anilines is 1. The third-order valence-electron chi connectivity index (χ3n) is 1.71. The van der Waals surface area contributed by atoms with Crippen molar-refractivity contribution in [2.45, 2.75) is 19.9 Å². The first kappa shape index (κ1) is 10.4. The zero-order valence-corrected chi connectivity index (χ0v) is 8.11. The van der Waals surface area contributed by atoms with Crippen LogP contribution < -0.4 is 5.32 Å². The lowest BCUT2D eigenvalue weighted by Crippen LogP contribution is -2.10. The Morgan fingerprint density at radius 2 is 2.07 bits per heavy atom. The number of aromatic hydroxyl groups is 1. The topological polar surface area (TPSA) is 69.6 Å². The summed E-state index contributed by atoms with van der Waals surface area (Å²) >= 11 is 0. The molecule has 0 aliphatic heterocycles.